The van der Waals surface area contributed by atoms with Crippen molar-refractivity contribution in [1.82, 2.24) is 0 Å². The van der Waals surface area contributed by atoms with Crippen LogP contribution in [0.15, 0.2) is 35.9 Å². The predicted octanol–water partition coefficient (Wildman–Crippen LogP) is 3.51. The highest BCUT2D eigenvalue weighted by Gasteiger charge is 2.10. The highest BCUT2D eigenvalue weighted by atomic mass is 14.2. The van der Waals surface area contributed by atoms with Crippen molar-refractivity contribution < 1.29 is 0 Å². The van der Waals surface area contributed by atoms with E-state index < -0.39 is 0 Å². The Bertz CT molecular complexity index is 321. The van der Waals surface area contributed by atoms with Crippen LogP contribution in [0, 0.1) is 0 Å². The molecule has 1 aliphatic rings. The topological polar surface area (TPSA) is 0 Å². The summed E-state index contributed by atoms with van der Waals surface area (Å²) in [6.07, 6.45) is 7.25. The molecule has 1 aliphatic carbocycles. The van der Waals surface area contributed by atoms with Crippen molar-refractivity contribution in [2.45, 2.75) is 32.6 Å². The minimum absolute atomic E-state index is 1.18. The van der Waals surface area contributed by atoms with E-state index >= 15 is 0 Å². The second kappa shape index (κ2) is 3.78. The van der Waals surface area contributed by atoms with Gasteiger partial charge in [-0.05, 0) is 36.8 Å². The standard InChI is InChI=1S/C13H16/c1-2-5-11-8-9-12-6-3-4-7-13(12)10-11/h3-7H,2,8-10H2,1H3. The summed E-state index contributed by atoms with van der Waals surface area (Å²) in [5.41, 5.74) is 4.71. The lowest BCUT2D eigenvalue weighted by Gasteiger charge is -2.18. The monoisotopic (exact) mass is 172 g/mol. The van der Waals surface area contributed by atoms with E-state index in [1.165, 1.54) is 31.2 Å². The van der Waals surface area contributed by atoms with Gasteiger partial charge in [-0.1, -0.05) is 42.8 Å². The molecule has 0 saturated heterocycles. The Morgan fingerprint density at radius 1 is 1.15 bits per heavy atom. The Balaban J connectivity index is 2.24. The first-order chi connectivity index (χ1) is 6.40. The van der Waals surface area contributed by atoms with Gasteiger partial charge >= 0.3 is 0 Å². The fourth-order valence-corrected chi connectivity index (χ4v) is 2.06. The smallest absolute Gasteiger partial charge is 0.00643 e. The molecule has 0 heterocycles. The van der Waals surface area contributed by atoms with Crippen molar-refractivity contribution in [2.75, 3.05) is 0 Å². The fourth-order valence-electron chi connectivity index (χ4n) is 2.06. The van der Waals surface area contributed by atoms with Crippen molar-refractivity contribution in [3.05, 3.63) is 47.0 Å². The van der Waals surface area contributed by atoms with Crippen LogP contribution in [0.1, 0.15) is 30.9 Å². The van der Waals surface area contributed by atoms with E-state index in [0.29, 0.717) is 0 Å². The summed E-state index contributed by atoms with van der Waals surface area (Å²) in [5, 5.41) is 0. The molecular weight excluding hydrogens is 156 g/mol. The average molecular weight is 172 g/mol. The quantitative estimate of drug-likeness (QED) is 0.569. The summed E-state index contributed by atoms with van der Waals surface area (Å²) < 4.78 is 0. The molecule has 0 fully saturated rings. The number of allylic oxidation sites excluding steroid dienone is 2. The second-order valence-corrected chi connectivity index (χ2v) is 3.72. The third-order valence-electron chi connectivity index (χ3n) is 2.74. The first-order valence-electron chi connectivity index (χ1n) is 5.15. The van der Waals surface area contributed by atoms with Crippen LogP contribution in [-0.4, -0.2) is 0 Å². The van der Waals surface area contributed by atoms with Crippen LogP contribution in [0.25, 0.3) is 0 Å². The molecule has 0 heteroatoms. The van der Waals surface area contributed by atoms with Gasteiger partial charge in [0.25, 0.3) is 0 Å². The average Bonchev–Trinajstić information content (AvgIpc) is 2.18. The number of benzene rings is 1. The van der Waals surface area contributed by atoms with Crippen molar-refractivity contribution in [3.8, 4) is 0 Å². The van der Waals surface area contributed by atoms with Gasteiger partial charge in [0, 0.05) is 0 Å². The number of aryl methyl sites for hydroxylation is 1. The number of rotatable bonds is 1. The number of hydrogen-bond donors (Lipinski definition) is 0. The van der Waals surface area contributed by atoms with Crippen molar-refractivity contribution in [3.63, 3.8) is 0 Å². The summed E-state index contributed by atoms with van der Waals surface area (Å²) in [4.78, 5) is 0. The van der Waals surface area contributed by atoms with Gasteiger partial charge in [0.1, 0.15) is 0 Å². The Hall–Kier alpha value is -1.04. The third-order valence-corrected chi connectivity index (χ3v) is 2.74. The van der Waals surface area contributed by atoms with Crippen molar-refractivity contribution in [1.29, 1.82) is 0 Å². The van der Waals surface area contributed by atoms with Gasteiger partial charge in [-0.15, -0.1) is 0 Å². The maximum absolute atomic E-state index is 2.38. The van der Waals surface area contributed by atoms with E-state index in [4.69, 9.17) is 0 Å². The molecule has 0 aliphatic heterocycles. The maximum atomic E-state index is 2.38. The fraction of sp³-hybridized carbons (Fsp3) is 0.385. The Labute approximate surface area is 80.3 Å². The zero-order valence-corrected chi connectivity index (χ0v) is 8.22. The second-order valence-electron chi connectivity index (χ2n) is 3.72. The largest absolute Gasteiger partial charge is 0.0853 e. The lowest BCUT2D eigenvalue weighted by Crippen LogP contribution is -2.04. The van der Waals surface area contributed by atoms with Gasteiger partial charge in [-0.3, -0.25) is 0 Å². The summed E-state index contributed by atoms with van der Waals surface area (Å²) in [6.45, 7) is 2.22. The molecule has 0 nitrogen and oxygen atoms in total. The Morgan fingerprint density at radius 3 is 2.69 bits per heavy atom. The molecule has 68 valence electrons. The van der Waals surface area contributed by atoms with E-state index in [2.05, 4.69) is 37.3 Å². The van der Waals surface area contributed by atoms with E-state index in [-0.39, 0.29) is 0 Å². The van der Waals surface area contributed by atoms with E-state index in [9.17, 15) is 0 Å². The molecule has 1 aromatic rings. The zero-order chi connectivity index (χ0) is 9.10. The first-order valence-corrected chi connectivity index (χ1v) is 5.15. The summed E-state index contributed by atoms with van der Waals surface area (Å²) in [6, 6.07) is 8.82. The van der Waals surface area contributed by atoms with Crippen LogP contribution in [0.5, 0.6) is 0 Å². The van der Waals surface area contributed by atoms with Gasteiger partial charge in [0.15, 0.2) is 0 Å². The molecule has 1 aromatic carbocycles. The third kappa shape index (κ3) is 1.82. The molecule has 13 heavy (non-hydrogen) atoms. The molecular formula is C13H16. The van der Waals surface area contributed by atoms with Crippen LogP contribution in [0.2, 0.25) is 0 Å². The molecule has 0 amide bonds. The van der Waals surface area contributed by atoms with Crippen LogP contribution in [-0.2, 0) is 12.8 Å². The zero-order valence-electron chi connectivity index (χ0n) is 8.22. The lowest BCUT2D eigenvalue weighted by molar-refractivity contribution is 0.827. The molecule has 0 unspecified atom stereocenters. The van der Waals surface area contributed by atoms with Crippen LogP contribution in [0.4, 0.5) is 0 Å². The first kappa shape index (κ1) is 8.55. The van der Waals surface area contributed by atoms with E-state index in [0.717, 1.165) is 0 Å². The van der Waals surface area contributed by atoms with Gasteiger partial charge in [-0.25, -0.2) is 0 Å². The highest BCUT2D eigenvalue weighted by molar-refractivity contribution is 5.35. The molecule has 0 atom stereocenters. The lowest BCUT2D eigenvalue weighted by atomic mass is 9.88. The van der Waals surface area contributed by atoms with Crippen LogP contribution >= 0.6 is 0 Å². The van der Waals surface area contributed by atoms with Gasteiger partial charge in [0.05, 0.1) is 0 Å². The molecule has 0 N–H and O–H groups in total. The van der Waals surface area contributed by atoms with Gasteiger partial charge < -0.3 is 0 Å². The van der Waals surface area contributed by atoms with E-state index in [1.807, 2.05) is 0 Å². The molecule has 0 spiro atoms. The molecule has 0 saturated carbocycles. The highest BCUT2D eigenvalue weighted by Crippen LogP contribution is 2.24. The Morgan fingerprint density at radius 2 is 1.92 bits per heavy atom. The minimum Gasteiger partial charge on any atom is -0.0853 e. The van der Waals surface area contributed by atoms with Gasteiger partial charge in [-0.2, -0.15) is 0 Å². The predicted molar refractivity (Wildman–Crippen MR) is 56.8 cm³/mol. The van der Waals surface area contributed by atoms with Crippen molar-refractivity contribution >= 4 is 0 Å². The van der Waals surface area contributed by atoms with Gasteiger partial charge in [0.2, 0.25) is 0 Å². The maximum Gasteiger partial charge on any atom is -0.00643 e. The molecule has 2 rings (SSSR count). The number of fused-ring (bicyclic) bond motifs is 1. The summed E-state index contributed by atoms with van der Waals surface area (Å²) in [7, 11) is 0. The summed E-state index contributed by atoms with van der Waals surface area (Å²) >= 11 is 0. The van der Waals surface area contributed by atoms with E-state index in [1.54, 1.807) is 11.1 Å². The van der Waals surface area contributed by atoms with Crippen LogP contribution < -0.4 is 0 Å². The SMILES string of the molecule is CCC=C1CCc2ccccc2C1. The molecule has 0 radical (unpaired) electrons. The normalized spacial score (nSPS) is 18.7. The van der Waals surface area contributed by atoms with Crippen molar-refractivity contribution in [2.24, 2.45) is 0 Å². The van der Waals surface area contributed by atoms with Crippen LogP contribution in [0.3, 0.4) is 0 Å². The molecule has 0 aromatic heterocycles. The molecule has 0 bridgehead atoms. The Kier molecular flexibility index (Phi) is 2.49. The minimum atomic E-state index is 1.18. The summed E-state index contributed by atoms with van der Waals surface area (Å²) in [5.74, 6) is 0. The number of hydrogen-bond acceptors (Lipinski definition) is 0.